The molecule has 0 aliphatic heterocycles. The van der Waals surface area contributed by atoms with Gasteiger partial charge in [-0.1, -0.05) is 11.6 Å². The maximum atomic E-state index is 11.2. The number of rotatable bonds is 1. The number of nitrogens with zero attached hydrogens (tertiary/aromatic N) is 3. The van der Waals surface area contributed by atoms with Crippen LogP contribution in [0.3, 0.4) is 0 Å². The van der Waals surface area contributed by atoms with Gasteiger partial charge in [0.25, 0.3) is 0 Å². The van der Waals surface area contributed by atoms with Crippen LogP contribution < -0.4 is 5.69 Å². The van der Waals surface area contributed by atoms with Crippen LogP contribution in [0.2, 0.25) is 0 Å². The summed E-state index contributed by atoms with van der Waals surface area (Å²) in [6.07, 6.45) is 5.36. The largest absolute Gasteiger partial charge is 0.361 e. The van der Waals surface area contributed by atoms with Crippen LogP contribution in [-0.4, -0.2) is 20.2 Å². The number of hydrogen-bond acceptors (Lipinski definition) is 3. The van der Waals surface area contributed by atoms with Crippen molar-refractivity contribution in [3.63, 3.8) is 0 Å². The van der Waals surface area contributed by atoms with Crippen LogP contribution >= 0.6 is 0 Å². The molecule has 0 radical (unpaired) electrons. The second-order valence-corrected chi connectivity index (χ2v) is 3.35. The van der Waals surface area contributed by atoms with Crippen molar-refractivity contribution in [3.8, 4) is 0 Å². The van der Waals surface area contributed by atoms with Crippen molar-refractivity contribution in [2.75, 3.05) is 0 Å². The number of aromatic amines is 1. The third kappa shape index (κ3) is 1.41. The molecule has 1 heterocycles. The van der Waals surface area contributed by atoms with Gasteiger partial charge in [0.05, 0.1) is 6.04 Å². The lowest BCUT2D eigenvalue weighted by atomic mass is 9.96. The monoisotopic (exact) mass is 180 g/mol. The van der Waals surface area contributed by atoms with Crippen molar-refractivity contribution in [2.24, 2.45) is 0 Å². The van der Waals surface area contributed by atoms with E-state index in [9.17, 15) is 4.79 Å². The Balaban J connectivity index is 2.36. The number of H-pyrrole nitrogens is 1. The van der Waals surface area contributed by atoms with Crippen molar-refractivity contribution >= 4 is 0 Å². The molecule has 1 N–H and O–H groups in total. The van der Waals surface area contributed by atoms with E-state index < -0.39 is 0 Å². The van der Waals surface area contributed by atoms with Gasteiger partial charge in [-0.05, 0) is 36.6 Å². The van der Waals surface area contributed by atoms with Gasteiger partial charge in [-0.15, -0.1) is 0 Å². The van der Waals surface area contributed by atoms with E-state index in [2.05, 4.69) is 21.6 Å². The minimum absolute atomic E-state index is 0.111. The molecule has 1 aromatic rings. The van der Waals surface area contributed by atoms with E-state index in [0.29, 0.717) is 0 Å². The van der Waals surface area contributed by atoms with Gasteiger partial charge in [-0.3, -0.25) is 0 Å². The molecule has 1 atom stereocenters. The molecule has 0 fully saturated rings. The van der Waals surface area contributed by atoms with E-state index in [0.717, 1.165) is 19.3 Å². The summed E-state index contributed by atoms with van der Waals surface area (Å²) in [5.41, 5.74) is 0.988. The summed E-state index contributed by atoms with van der Waals surface area (Å²) in [4.78, 5) is 11.2. The zero-order chi connectivity index (χ0) is 9.26. The van der Waals surface area contributed by atoms with E-state index in [4.69, 9.17) is 0 Å². The fraction of sp³-hybridized carbons (Fsp3) is 0.625. The summed E-state index contributed by atoms with van der Waals surface area (Å²) in [5, 5.41) is 9.53. The minimum atomic E-state index is -0.223. The summed E-state index contributed by atoms with van der Waals surface area (Å²) in [6.45, 7) is 2.03. The van der Waals surface area contributed by atoms with Crippen LogP contribution in [0, 0.1) is 0 Å². The first-order valence-electron chi connectivity index (χ1n) is 4.45. The summed E-state index contributed by atoms with van der Waals surface area (Å²) >= 11 is 0. The highest BCUT2D eigenvalue weighted by molar-refractivity contribution is 5.08. The molecule has 1 aliphatic rings. The first-order valence-corrected chi connectivity index (χ1v) is 4.45. The lowest BCUT2D eigenvalue weighted by Gasteiger charge is -2.19. The highest BCUT2D eigenvalue weighted by Gasteiger charge is 2.18. The van der Waals surface area contributed by atoms with E-state index in [1.54, 1.807) is 0 Å². The summed E-state index contributed by atoms with van der Waals surface area (Å²) in [5.74, 6) is 0. The molecule has 0 spiro atoms. The average molecular weight is 180 g/mol. The van der Waals surface area contributed by atoms with E-state index in [1.807, 2.05) is 6.92 Å². The van der Waals surface area contributed by atoms with Gasteiger partial charge in [0.15, 0.2) is 0 Å². The number of nitrogens with one attached hydrogen (secondary N) is 1. The van der Waals surface area contributed by atoms with Gasteiger partial charge in [-0.25, -0.2) is 9.89 Å². The van der Waals surface area contributed by atoms with Crippen LogP contribution in [0.15, 0.2) is 16.4 Å². The molecule has 0 aromatic carbocycles. The van der Waals surface area contributed by atoms with Crippen LogP contribution in [0.1, 0.15) is 32.2 Å². The summed E-state index contributed by atoms with van der Waals surface area (Å²) in [7, 11) is 0. The average Bonchev–Trinajstić information content (AvgIpc) is 2.52. The Morgan fingerprint density at radius 2 is 2.54 bits per heavy atom. The molecule has 1 unspecified atom stereocenters. The molecule has 0 saturated carbocycles. The Bertz CT molecular complexity index is 375. The molecule has 13 heavy (non-hydrogen) atoms. The second-order valence-electron chi connectivity index (χ2n) is 3.35. The van der Waals surface area contributed by atoms with Crippen molar-refractivity contribution in [3.05, 3.63) is 22.1 Å². The van der Waals surface area contributed by atoms with Gasteiger partial charge in [0.1, 0.15) is 0 Å². The van der Waals surface area contributed by atoms with Crippen LogP contribution in [0.5, 0.6) is 0 Å². The zero-order valence-corrected chi connectivity index (χ0v) is 7.53. The first-order chi connectivity index (χ1) is 6.29. The van der Waals surface area contributed by atoms with Crippen LogP contribution in [0.25, 0.3) is 0 Å². The van der Waals surface area contributed by atoms with Crippen molar-refractivity contribution < 1.29 is 0 Å². The van der Waals surface area contributed by atoms with Crippen LogP contribution in [0.4, 0.5) is 0 Å². The topological polar surface area (TPSA) is 63.6 Å². The smallest absolute Gasteiger partial charge is 0.244 e. The van der Waals surface area contributed by atoms with Crippen molar-refractivity contribution in [2.45, 2.75) is 32.2 Å². The first kappa shape index (κ1) is 8.22. The molecule has 5 heteroatoms. The normalized spacial score (nSPS) is 22.8. The molecular weight excluding hydrogens is 168 g/mol. The Kier molecular flexibility index (Phi) is 2.00. The third-order valence-corrected chi connectivity index (χ3v) is 2.46. The Morgan fingerprint density at radius 1 is 1.69 bits per heavy atom. The second kappa shape index (κ2) is 3.16. The van der Waals surface area contributed by atoms with E-state index in [-0.39, 0.29) is 11.7 Å². The lowest BCUT2D eigenvalue weighted by molar-refractivity contribution is 0.430. The van der Waals surface area contributed by atoms with Crippen LogP contribution in [-0.2, 0) is 0 Å². The highest BCUT2D eigenvalue weighted by atomic mass is 16.2. The number of tetrazole rings is 1. The van der Waals surface area contributed by atoms with Crippen molar-refractivity contribution in [1.82, 2.24) is 20.2 Å². The molecular formula is C8H12N4O. The predicted molar refractivity (Wildman–Crippen MR) is 47.3 cm³/mol. The molecule has 2 rings (SSSR count). The lowest BCUT2D eigenvalue weighted by Crippen LogP contribution is -2.25. The molecule has 5 nitrogen and oxygen atoms in total. The number of hydrogen-bond donors (Lipinski definition) is 1. The molecule has 0 amide bonds. The maximum absolute atomic E-state index is 11.2. The molecule has 0 bridgehead atoms. The summed E-state index contributed by atoms with van der Waals surface area (Å²) < 4.78 is 1.42. The fourth-order valence-corrected chi connectivity index (χ4v) is 1.73. The molecule has 0 saturated heterocycles. The van der Waals surface area contributed by atoms with Crippen molar-refractivity contribution in [1.29, 1.82) is 0 Å². The van der Waals surface area contributed by atoms with Gasteiger partial charge in [0, 0.05) is 0 Å². The van der Waals surface area contributed by atoms with Gasteiger partial charge < -0.3 is 0 Å². The number of aromatic nitrogens is 4. The Labute approximate surface area is 75.4 Å². The SMILES string of the molecule is CC1=CCCCC1n1nn[nH]c1=O. The zero-order valence-electron chi connectivity index (χ0n) is 7.53. The Hall–Kier alpha value is -1.39. The van der Waals surface area contributed by atoms with Gasteiger partial charge in [-0.2, -0.15) is 4.68 Å². The van der Waals surface area contributed by atoms with Gasteiger partial charge in [0.2, 0.25) is 0 Å². The van der Waals surface area contributed by atoms with E-state index in [1.165, 1.54) is 10.3 Å². The quantitative estimate of drug-likeness (QED) is 0.645. The van der Waals surface area contributed by atoms with Gasteiger partial charge >= 0.3 is 5.69 Å². The molecule has 1 aromatic heterocycles. The fourth-order valence-electron chi connectivity index (χ4n) is 1.73. The van der Waals surface area contributed by atoms with E-state index >= 15 is 0 Å². The standard InChI is InChI=1S/C8H12N4O/c1-6-4-2-3-5-7(6)12-8(13)9-10-11-12/h4,7H,2-3,5H2,1H3,(H,9,11,13). The molecule has 1 aliphatic carbocycles. The molecule has 70 valence electrons. The maximum Gasteiger partial charge on any atom is 0.361 e. The highest BCUT2D eigenvalue weighted by Crippen LogP contribution is 2.26. The minimum Gasteiger partial charge on any atom is -0.244 e. The Morgan fingerprint density at radius 3 is 3.15 bits per heavy atom. The third-order valence-electron chi connectivity index (χ3n) is 2.46. The number of allylic oxidation sites excluding steroid dienone is 2. The summed E-state index contributed by atoms with van der Waals surface area (Å²) in [6, 6.07) is 0.111. The predicted octanol–water partition coefficient (Wildman–Crippen LogP) is 0.638.